The van der Waals surface area contributed by atoms with Crippen LogP contribution in [0.4, 0.5) is 11.6 Å². The Morgan fingerprint density at radius 2 is 1.95 bits per heavy atom. The molecule has 0 amide bonds. The van der Waals surface area contributed by atoms with Gasteiger partial charge >= 0.3 is 0 Å². The molecule has 0 bridgehead atoms. The fourth-order valence-corrected chi connectivity index (χ4v) is 2.56. The summed E-state index contributed by atoms with van der Waals surface area (Å²) in [5.41, 5.74) is 1.37. The summed E-state index contributed by atoms with van der Waals surface area (Å²) >= 11 is 1.74. The molecular weight excluding hydrogens is 268 g/mol. The molecule has 0 aliphatic carbocycles. The minimum Gasteiger partial charge on any atom is -0.370 e. The van der Waals surface area contributed by atoms with Crippen LogP contribution in [0.2, 0.25) is 0 Å². The second-order valence-electron chi connectivity index (χ2n) is 4.99. The summed E-state index contributed by atoms with van der Waals surface area (Å²) < 4.78 is 0. The van der Waals surface area contributed by atoms with Gasteiger partial charge in [-0.05, 0) is 35.7 Å². The van der Waals surface area contributed by atoms with Gasteiger partial charge in [-0.1, -0.05) is 13.8 Å². The van der Waals surface area contributed by atoms with Crippen molar-refractivity contribution in [1.82, 2.24) is 9.97 Å². The molecule has 2 heterocycles. The predicted molar refractivity (Wildman–Crippen MR) is 86.8 cm³/mol. The molecule has 108 valence electrons. The Morgan fingerprint density at radius 1 is 1.20 bits per heavy atom. The van der Waals surface area contributed by atoms with E-state index in [1.807, 2.05) is 6.07 Å². The van der Waals surface area contributed by atoms with Gasteiger partial charge in [-0.2, -0.15) is 11.3 Å². The molecule has 4 nitrogen and oxygen atoms in total. The molecule has 0 unspecified atom stereocenters. The monoisotopic (exact) mass is 290 g/mol. The van der Waals surface area contributed by atoms with E-state index in [0.29, 0.717) is 5.92 Å². The summed E-state index contributed by atoms with van der Waals surface area (Å²) in [6, 6.07) is 4.14. The van der Waals surface area contributed by atoms with Gasteiger partial charge in [0.2, 0.25) is 0 Å². The molecule has 0 saturated heterocycles. The maximum absolute atomic E-state index is 4.57. The van der Waals surface area contributed by atoms with E-state index in [2.05, 4.69) is 58.2 Å². The summed E-state index contributed by atoms with van der Waals surface area (Å²) in [4.78, 5) is 9.09. The summed E-state index contributed by atoms with van der Waals surface area (Å²) in [6.07, 6.45) is 1.01. The number of hydrogen-bond acceptors (Lipinski definition) is 5. The van der Waals surface area contributed by atoms with Crippen LogP contribution in [0.5, 0.6) is 0 Å². The van der Waals surface area contributed by atoms with Gasteiger partial charge in [-0.25, -0.2) is 9.97 Å². The van der Waals surface area contributed by atoms with Gasteiger partial charge in [0.25, 0.3) is 0 Å². The van der Waals surface area contributed by atoms with Crippen molar-refractivity contribution in [3.8, 4) is 0 Å². The average Bonchev–Trinajstić information content (AvgIpc) is 2.92. The number of anilines is 2. The maximum atomic E-state index is 4.57. The Labute approximate surface area is 124 Å². The van der Waals surface area contributed by atoms with Gasteiger partial charge in [-0.15, -0.1) is 0 Å². The second kappa shape index (κ2) is 7.24. The number of aromatic nitrogens is 2. The molecule has 0 aliphatic rings. The van der Waals surface area contributed by atoms with Crippen LogP contribution in [-0.2, 0) is 6.42 Å². The third-order valence-corrected chi connectivity index (χ3v) is 3.65. The van der Waals surface area contributed by atoms with Gasteiger partial charge in [0.05, 0.1) is 0 Å². The zero-order valence-corrected chi connectivity index (χ0v) is 13.1. The molecular formula is C15H22N4S. The van der Waals surface area contributed by atoms with Crippen molar-refractivity contribution in [3.05, 3.63) is 34.3 Å². The lowest BCUT2D eigenvalue weighted by Crippen LogP contribution is -2.10. The highest BCUT2D eigenvalue weighted by molar-refractivity contribution is 7.07. The third kappa shape index (κ3) is 4.20. The quantitative estimate of drug-likeness (QED) is 0.815. The predicted octanol–water partition coefficient (Wildman–Crippen LogP) is 3.75. The number of nitrogens with zero attached hydrogens (tertiary/aromatic N) is 2. The van der Waals surface area contributed by atoms with Crippen LogP contribution in [0.3, 0.4) is 0 Å². The summed E-state index contributed by atoms with van der Waals surface area (Å²) in [7, 11) is 0. The minimum atomic E-state index is 0.325. The summed E-state index contributed by atoms with van der Waals surface area (Å²) in [5, 5.41) is 10.9. The number of nitrogens with one attached hydrogen (secondary N) is 2. The van der Waals surface area contributed by atoms with Gasteiger partial charge in [0.15, 0.2) is 0 Å². The highest BCUT2D eigenvalue weighted by Crippen LogP contribution is 2.17. The first-order valence-corrected chi connectivity index (χ1v) is 8.01. The van der Waals surface area contributed by atoms with Crippen LogP contribution in [0.25, 0.3) is 0 Å². The molecule has 5 heteroatoms. The normalized spacial score (nSPS) is 10.8. The smallest absolute Gasteiger partial charge is 0.135 e. The minimum absolute atomic E-state index is 0.325. The first-order chi connectivity index (χ1) is 9.69. The van der Waals surface area contributed by atoms with E-state index >= 15 is 0 Å². The SMILES string of the molecule is CCNc1cc(NCCc2ccsc2)nc(C(C)C)n1. The number of hydrogen-bond donors (Lipinski definition) is 2. The van der Waals surface area contributed by atoms with Gasteiger partial charge in [-0.3, -0.25) is 0 Å². The van der Waals surface area contributed by atoms with Crippen LogP contribution in [0, 0.1) is 0 Å². The summed E-state index contributed by atoms with van der Waals surface area (Å²) in [6.45, 7) is 8.04. The molecule has 0 spiro atoms. The van der Waals surface area contributed by atoms with E-state index in [0.717, 1.165) is 37.0 Å². The van der Waals surface area contributed by atoms with Crippen LogP contribution in [0.1, 0.15) is 38.1 Å². The van der Waals surface area contributed by atoms with E-state index in [-0.39, 0.29) is 0 Å². The fourth-order valence-electron chi connectivity index (χ4n) is 1.86. The van der Waals surface area contributed by atoms with E-state index in [9.17, 15) is 0 Å². The van der Waals surface area contributed by atoms with Crippen molar-refractivity contribution in [2.75, 3.05) is 23.7 Å². The Bertz CT molecular complexity index is 523. The zero-order chi connectivity index (χ0) is 14.4. The molecule has 2 aromatic heterocycles. The Hall–Kier alpha value is -1.62. The molecule has 2 rings (SSSR count). The van der Waals surface area contributed by atoms with E-state index < -0.39 is 0 Å². The summed E-state index contributed by atoms with van der Waals surface area (Å²) in [5.74, 6) is 2.99. The highest BCUT2D eigenvalue weighted by atomic mass is 32.1. The van der Waals surface area contributed by atoms with E-state index in [1.54, 1.807) is 11.3 Å². The molecule has 20 heavy (non-hydrogen) atoms. The van der Waals surface area contributed by atoms with Crippen LogP contribution >= 0.6 is 11.3 Å². The molecule has 0 aliphatic heterocycles. The zero-order valence-electron chi connectivity index (χ0n) is 12.3. The maximum Gasteiger partial charge on any atom is 0.135 e. The second-order valence-corrected chi connectivity index (χ2v) is 5.77. The molecule has 2 N–H and O–H groups in total. The van der Waals surface area contributed by atoms with Crippen LogP contribution < -0.4 is 10.6 Å². The first kappa shape index (κ1) is 14.8. The molecule has 0 aromatic carbocycles. The number of rotatable bonds is 7. The van der Waals surface area contributed by atoms with Crippen molar-refractivity contribution < 1.29 is 0 Å². The third-order valence-electron chi connectivity index (χ3n) is 2.92. The van der Waals surface area contributed by atoms with Crippen molar-refractivity contribution in [2.24, 2.45) is 0 Å². The van der Waals surface area contributed by atoms with Gasteiger partial charge < -0.3 is 10.6 Å². The topological polar surface area (TPSA) is 49.8 Å². The van der Waals surface area contributed by atoms with Crippen LogP contribution in [-0.4, -0.2) is 23.1 Å². The molecule has 0 fully saturated rings. The lowest BCUT2D eigenvalue weighted by atomic mass is 10.2. The van der Waals surface area contributed by atoms with E-state index in [1.165, 1.54) is 5.56 Å². The first-order valence-electron chi connectivity index (χ1n) is 7.07. The molecule has 2 aromatic rings. The molecule has 0 radical (unpaired) electrons. The Kier molecular flexibility index (Phi) is 5.35. The standard InChI is InChI=1S/C15H22N4S/c1-4-16-13-9-14(19-15(18-13)11(2)3)17-7-5-12-6-8-20-10-12/h6,8-11H,4-5,7H2,1-3H3,(H2,16,17,18,19). The molecule has 0 atom stereocenters. The van der Waals surface area contributed by atoms with Crippen LogP contribution in [0.15, 0.2) is 22.9 Å². The van der Waals surface area contributed by atoms with Gasteiger partial charge in [0, 0.05) is 25.1 Å². The fraction of sp³-hybridized carbons (Fsp3) is 0.467. The highest BCUT2D eigenvalue weighted by Gasteiger charge is 2.07. The van der Waals surface area contributed by atoms with Crippen molar-refractivity contribution >= 4 is 23.0 Å². The average molecular weight is 290 g/mol. The lowest BCUT2D eigenvalue weighted by Gasteiger charge is -2.12. The van der Waals surface area contributed by atoms with Crippen molar-refractivity contribution in [1.29, 1.82) is 0 Å². The largest absolute Gasteiger partial charge is 0.370 e. The van der Waals surface area contributed by atoms with Crippen molar-refractivity contribution in [3.63, 3.8) is 0 Å². The van der Waals surface area contributed by atoms with Gasteiger partial charge in [0.1, 0.15) is 17.5 Å². The molecule has 0 saturated carbocycles. The number of thiophene rings is 1. The Morgan fingerprint density at radius 3 is 2.55 bits per heavy atom. The van der Waals surface area contributed by atoms with Crippen molar-refractivity contribution in [2.45, 2.75) is 33.1 Å². The lowest BCUT2D eigenvalue weighted by molar-refractivity contribution is 0.774. The Balaban J connectivity index is 2.01. The van der Waals surface area contributed by atoms with E-state index in [4.69, 9.17) is 0 Å².